The van der Waals surface area contributed by atoms with Crippen LogP contribution < -0.4 is 11.1 Å². The van der Waals surface area contributed by atoms with Gasteiger partial charge in [0.2, 0.25) is 5.91 Å². The van der Waals surface area contributed by atoms with Gasteiger partial charge in [0.15, 0.2) is 5.96 Å². The van der Waals surface area contributed by atoms with Crippen molar-refractivity contribution in [2.45, 2.75) is 58.7 Å². The minimum atomic E-state index is -0.485. The van der Waals surface area contributed by atoms with Gasteiger partial charge < -0.3 is 11.1 Å². The Labute approximate surface area is 188 Å². The third-order valence-electron chi connectivity index (χ3n) is 5.57. The summed E-state index contributed by atoms with van der Waals surface area (Å²) in [7, 11) is 0. The van der Waals surface area contributed by atoms with Crippen molar-refractivity contribution in [3.05, 3.63) is 71.0 Å². The fourth-order valence-electron chi connectivity index (χ4n) is 4.22. The number of guanidine groups is 1. The first-order chi connectivity index (χ1) is 15.1. The van der Waals surface area contributed by atoms with E-state index in [9.17, 15) is 14.0 Å². The molecule has 1 aliphatic rings. The van der Waals surface area contributed by atoms with Gasteiger partial charge >= 0.3 is 0 Å². The maximum Gasteiger partial charge on any atom is 0.251 e. The highest BCUT2D eigenvalue weighted by molar-refractivity contribution is 5.99. The van der Waals surface area contributed by atoms with Crippen LogP contribution in [0.4, 0.5) is 4.39 Å². The van der Waals surface area contributed by atoms with Crippen LogP contribution in [0.25, 0.3) is 0 Å². The fourth-order valence-corrected chi connectivity index (χ4v) is 4.22. The van der Waals surface area contributed by atoms with Crippen LogP contribution in [-0.2, 0) is 11.3 Å². The second-order valence-corrected chi connectivity index (χ2v) is 9.17. The zero-order valence-corrected chi connectivity index (χ0v) is 19.1. The molecule has 0 unspecified atom stereocenters. The van der Waals surface area contributed by atoms with E-state index in [1.165, 1.54) is 17.0 Å². The Morgan fingerprint density at radius 3 is 2.59 bits per heavy atom. The summed E-state index contributed by atoms with van der Waals surface area (Å²) in [5.74, 6) is -0.0876. The van der Waals surface area contributed by atoms with Crippen molar-refractivity contribution in [2.75, 3.05) is 0 Å². The van der Waals surface area contributed by atoms with E-state index in [-0.39, 0.29) is 36.2 Å². The molecule has 0 aliphatic carbocycles. The average Bonchev–Trinajstić information content (AvgIpc) is 2.70. The SMILES string of the molecule is CC(C)C[C@]1(C)CC(=O)N(Cc2cccc(C(=O)N[C@@H](C)c3cccc(F)c3)c2)C(N)=N1. The molecule has 7 heteroatoms. The lowest BCUT2D eigenvalue weighted by atomic mass is 9.87. The molecule has 2 aromatic carbocycles. The normalized spacial score (nSPS) is 19.6. The summed E-state index contributed by atoms with van der Waals surface area (Å²) in [5, 5.41) is 2.88. The topological polar surface area (TPSA) is 87.8 Å². The van der Waals surface area contributed by atoms with E-state index < -0.39 is 5.54 Å². The number of hydrogen-bond donors (Lipinski definition) is 2. The van der Waals surface area contributed by atoms with Crippen LogP contribution in [0, 0.1) is 11.7 Å². The van der Waals surface area contributed by atoms with Crippen molar-refractivity contribution in [1.29, 1.82) is 0 Å². The van der Waals surface area contributed by atoms with E-state index in [1.807, 2.05) is 13.0 Å². The first kappa shape index (κ1) is 23.4. The van der Waals surface area contributed by atoms with Gasteiger partial charge in [-0.1, -0.05) is 38.1 Å². The third-order valence-corrected chi connectivity index (χ3v) is 5.57. The van der Waals surface area contributed by atoms with Gasteiger partial charge in [-0.2, -0.15) is 0 Å². The molecule has 1 heterocycles. The van der Waals surface area contributed by atoms with Gasteiger partial charge in [-0.3, -0.25) is 14.5 Å². The molecule has 0 bridgehead atoms. The molecule has 2 atom stereocenters. The molecule has 2 aromatic rings. The molecule has 0 radical (unpaired) electrons. The molecular weight excluding hydrogens is 407 g/mol. The highest BCUT2D eigenvalue weighted by Gasteiger charge is 2.36. The van der Waals surface area contributed by atoms with Crippen LogP contribution in [-0.4, -0.2) is 28.2 Å². The van der Waals surface area contributed by atoms with Crippen molar-refractivity contribution in [2.24, 2.45) is 16.6 Å². The number of carbonyl (C=O) groups excluding carboxylic acids is 2. The van der Waals surface area contributed by atoms with Gasteiger partial charge in [-0.25, -0.2) is 9.38 Å². The molecule has 6 nitrogen and oxygen atoms in total. The Balaban J connectivity index is 1.71. The van der Waals surface area contributed by atoms with Crippen LogP contribution >= 0.6 is 0 Å². The first-order valence-electron chi connectivity index (χ1n) is 10.9. The summed E-state index contributed by atoms with van der Waals surface area (Å²) in [6.45, 7) is 8.19. The fraction of sp³-hybridized carbons (Fsp3) is 0.400. The summed E-state index contributed by atoms with van der Waals surface area (Å²) in [5.41, 5.74) is 7.58. The summed E-state index contributed by atoms with van der Waals surface area (Å²) in [6.07, 6.45) is 1.09. The maximum atomic E-state index is 13.5. The molecule has 170 valence electrons. The van der Waals surface area contributed by atoms with E-state index >= 15 is 0 Å². The number of nitrogens with one attached hydrogen (secondary N) is 1. The lowest BCUT2D eigenvalue weighted by Gasteiger charge is -2.36. The van der Waals surface area contributed by atoms with E-state index in [2.05, 4.69) is 24.2 Å². The van der Waals surface area contributed by atoms with Crippen molar-refractivity contribution >= 4 is 17.8 Å². The van der Waals surface area contributed by atoms with Gasteiger partial charge in [0.05, 0.1) is 24.5 Å². The minimum absolute atomic E-state index is 0.0739. The maximum absolute atomic E-state index is 13.5. The van der Waals surface area contributed by atoms with Crippen molar-refractivity contribution in [1.82, 2.24) is 10.2 Å². The predicted molar refractivity (Wildman–Crippen MR) is 123 cm³/mol. The Hall–Kier alpha value is -3.22. The molecular formula is C25H31FN4O2. The molecule has 2 amide bonds. The minimum Gasteiger partial charge on any atom is -0.369 e. The van der Waals surface area contributed by atoms with Gasteiger partial charge in [0, 0.05) is 5.56 Å². The Morgan fingerprint density at radius 1 is 1.22 bits per heavy atom. The standard InChI is InChI=1S/C25H31FN4O2/c1-16(2)13-25(4)14-22(31)30(24(27)29-25)15-18-7-5-9-20(11-18)23(32)28-17(3)19-8-6-10-21(26)12-19/h5-12,16-17H,13-15H2,1-4H3,(H2,27,29)(H,28,32)/t17-,25+/m0/s1. The molecule has 0 saturated carbocycles. The summed E-state index contributed by atoms with van der Waals surface area (Å²) in [6, 6.07) is 12.8. The summed E-state index contributed by atoms with van der Waals surface area (Å²) >= 11 is 0. The largest absolute Gasteiger partial charge is 0.369 e. The van der Waals surface area contributed by atoms with Crippen molar-refractivity contribution < 1.29 is 14.0 Å². The zero-order valence-electron chi connectivity index (χ0n) is 19.1. The average molecular weight is 439 g/mol. The third kappa shape index (κ3) is 5.72. The molecule has 0 saturated heterocycles. The zero-order chi connectivity index (χ0) is 23.5. The molecule has 1 aliphatic heterocycles. The molecule has 0 fully saturated rings. The molecule has 3 N–H and O–H groups in total. The highest BCUT2D eigenvalue weighted by atomic mass is 19.1. The van der Waals surface area contributed by atoms with Crippen LogP contribution in [0.1, 0.15) is 68.1 Å². The summed E-state index contributed by atoms with van der Waals surface area (Å²) < 4.78 is 13.5. The number of amides is 2. The van der Waals surface area contributed by atoms with Crippen molar-refractivity contribution in [3.63, 3.8) is 0 Å². The van der Waals surface area contributed by atoms with E-state index in [4.69, 9.17) is 5.73 Å². The molecule has 0 aromatic heterocycles. The number of aliphatic imine (C=N–C) groups is 1. The molecule has 3 rings (SSSR count). The monoisotopic (exact) mass is 438 g/mol. The Bertz CT molecular complexity index is 1040. The smallest absolute Gasteiger partial charge is 0.251 e. The summed E-state index contributed by atoms with van der Waals surface area (Å²) in [4.78, 5) is 31.6. The first-order valence-corrected chi connectivity index (χ1v) is 10.9. The molecule has 0 spiro atoms. The lowest BCUT2D eigenvalue weighted by molar-refractivity contribution is -0.130. The number of halogens is 1. The quantitative estimate of drug-likeness (QED) is 0.680. The lowest BCUT2D eigenvalue weighted by Crippen LogP contribution is -2.50. The van der Waals surface area contributed by atoms with Crippen LogP contribution in [0.3, 0.4) is 0 Å². The number of nitrogens with two attached hydrogens (primary N) is 1. The van der Waals surface area contributed by atoms with E-state index in [0.29, 0.717) is 23.5 Å². The van der Waals surface area contributed by atoms with Crippen molar-refractivity contribution in [3.8, 4) is 0 Å². The Morgan fingerprint density at radius 2 is 1.94 bits per heavy atom. The number of nitrogens with zero attached hydrogens (tertiary/aromatic N) is 2. The number of rotatable bonds is 7. The Kier molecular flexibility index (Phi) is 6.96. The van der Waals surface area contributed by atoms with Crippen LogP contribution in [0.15, 0.2) is 53.5 Å². The number of carbonyl (C=O) groups is 2. The van der Waals surface area contributed by atoms with E-state index in [0.717, 1.165) is 12.0 Å². The van der Waals surface area contributed by atoms with Gasteiger partial charge in [0.1, 0.15) is 5.82 Å². The van der Waals surface area contributed by atoms with E-state index in [1.54, 1.807) is 37.3 Å². The second kappa shape index (κ2) is 9.51. The van der Waals surface area contributed by atoms with Crippen LogP contribution in [0.5, 0.6) is 0 Å². The van der Waals surface area contributed by atoms with Gasteiger partial charge in [0.25, 0.3) is 5.91 Å². The predicted octanol–water partition coefficient (Wildman–Crippen LogP) is 4.17. The van der Waals surface area contributed by atoms with Gasteiger partial charge in [-0.05, 0) is 61.6 Å². The number of hydrogen-bond acceptors (Lipinski definition) is 4. The second-order valence-electron chi connectivity index (χ2n) is 9.17. The number of benzene rings is 2. The molecule has 32 heavy (non-hydrogen) atoms. The van der Waals surface area contributed by atoms with Gasteiger partial charge in [-0.15, -0.1) is 0 Å². The highest BCUT2D eigenvalue weighted by Crippen LogP contribution is 2.29. The van der Waals surface area contributed by atoms with Crippen LogP contribution in [0.2, 0.25) is 0 Å².